The van der Waals surface area contributed by atoms with Crippen molar-refractivity contribution < 1.29 is 4.79 Å². The molecular formula is C15H18ClN3OS. The van der Waals surface area contributed by atoms with E-state index in [0.29, 0.717) is 12.2 Å². The predicted molar refractivity (Wildman–Crippen MR) is 88.5 cm³/mol. The Kier molecular flexibility index (Phi) is 4.98. The van der Waals surface area contributed by atoms with Crippen molar-refractivity contribution in [2.45, 2.75) is 25.8 Å². The van der Waals surface area contributed by atoms with Crippen molar-refractivity contribution in [2.24, 2.45) is 5.73 Å². The molecule has 3 rings (SSSR count). The average Bonchev–Trinajstić information content (AvgIpc) is 3.02. The molecule has 1 atom stereocenters. The van der Waals surface area contributed by atoms with Crippen molar-refractivity contribution >= 4 is 35.3 Å². The summed E-state index contributed by atoms with van der Waals surface area (Å²) in [5.74, 6) is -0.0121. The van der Waals surface area contributed by atoms with E-state index in [4.69, 9.17) is 5.73 Å². The van der Waals surface area contributed by atoms with Crippen LogP contribution in [0.2, 0.25) is 0 Å². The lowest BCUT2D eigenvalue weighted by Crippen LogP contribution is -2.35. The maximum absolute atomic E-state index is 12.7. The van der Waals surface area contributed by atoms with Gasteiger partial charge in [0.05, 0.1) is 5.01 Å². The Balaban J connectivity index is 0.00000161. The quantitative estimate of drug-likeness (QED) is 0.944. The van der Waals surface area contributed by atoms with Crippen LogP contribution in [0, 0.1) is 0 Å². The van der Waals surface area contributed by atoms with E-state index in [0.717, 1.165) is 23.5 Å². The Morgan fingerprint density at radius 2 is 2.24 bits per heavy atom. The number of rotatable bonds is 3. The number of aromatic nitrogens is 1. The first-order valence-corrected chi connectivity index (χ1v) is 7.64. The molecule has 1 aromatic carbocycles. The molecule has 1 amide bonds. The van der Waals surface area contributed by atoms with Crippen LogP contribution < -0.4 is 10.6 Å². The first-order valence-electron chi connectivity index (χ1n) is 6.76. The van der Waals surface area contributed by atoms with Crippen LogP contribution in [0.5, 0.6) is 0 Å². The third kappa shape index (κ3) is 2.95. The van der Waals surface area contributed by atoms with Gasteiger partial charge in [-0.15, -0.1) is 23.7 Å². The standard InChI is InChI=1S/C15H17N3OS.ClH/c1-10-8-11-4-2-3-5-13(11)18(10)15(19)12-9-20-14(17-12)6-7-16;/h2-5,9-10H,6-8,16H2,1H3;1H. The van der Waals surface area contributed by atoms with Crippen LogP contribution in [0.15, 0.2) is 29.6 Å². The third-order valence-corrected chi connectivity index (χ3v) is 4.46. The molecule has 1 aliphatic heterocycles. The maximum Gasteiger partial charge on any atom is 0.278 e. The smallest absolute Gasteiger partial charge is 0.278 e. The van der Waals surface area contributed by atoms with Gasteiger partial charge in [0, 0.05) is 23.5 Å². The minimum Gasteiger partial charge on any atom is -0.330 e. The highest BCUT2D eigenvalue weighted by atomic mass is 35.5. The fourth-order valence-electron chi connectivity index (χ4n) is 2.65. The van der Waals surface area contributed by atoms with Gasteiger partial charge in [-0.2, -0.15) is 0 Å². The predicted octanol–water partition coefficient (Wildman–Crippen LogP) is 2.66. The first kappa shape index (κ1) is 15.9. The number of benzene rings is 1. The lowest BCUT2D eigenvalue weighted by Gasteiger charge is -2.21. The highest BCUT2D eigenvalue weighted by Gasteiger charge is 2.32. The lowest BCUT2D eigenvalue weighted by atomic mass is 10.1. The molecule has 6 heteroatoms. The third-order valence-electron chi connectivity index (χ3n) is 3.56. The van der Waals surface area contributed by atoms with Gasteiger partial charge in [0.2, 0.25) is 0 Å². The van der Waals surface area contributed by atoms with E-state index in [1.165, 1.54) is 16.9 Å². The van der Waals surface area contributed by atoms with Crippen LogP contribution in [-0.4, -0.2) is 23.5 Å². The summed E-state index contributed by atoms with van der Waals surface area (Å²) in [4.78, 5) is 18.9. The Hall–Kier alpha value is -1.43. The van der Waals surface area contributed by atoms with Gasteiger partial charge in [-0.05, 0) is 31.5 Å². The number of hydrogen-bond acceptors (Lipinski definition) is 4. The number of hydrogen-bond donors (Lipinski definition) is 1. The first-order chi connectivity index (χ1) is 9.70. The molecule has 112 valence electrons. The van der Waals surface area contributed by atoms with Gasteiger partial charge in [-0.25, -0.2) is 4.98 Å². The molecule has 2 heterocycles. The van der Waals surface area contributed by atoms with Gasteiger partial charge in [-0.3, -0.25) is 4.79 Å². The highest BCUT2D eigenvalue weighted by molar-refractivity contribution is 7.09. The minimum absolute atomic E-state index is 0. The van der Waals surface area contributed by atoms with Gasteiger partial charge in [0.15, 0.2) is 0 Å². The number of thiazole rings is 1. The molecule has 2 aromatic rings. The minimum atomic E-state index is -0.0121. The van der Waals surface area contributed by atoms with Gasteiger partial charge >= 0.3 is 0 Å². The second kappa shape index (κ2) is 6.56. The van der Waals surface area contributed by atoms with E-state index < -0.39 is 0 Å². The number of carbonyl (C=O) groups is 1. The van der Waals surface area contributed by atoms with Gasteiger partial charge in [0.1, 0.15) is 5.69 Å². The van der Waals surface area contributed by atoms with Crippen LogP contribution in [0.4, 0.5) is 5.69 Å². The molecule has 0 bridgehead atoms. The van der Waals surface area contributed by atoms with Crippen molar-refractivity contribution in [2.75, 3.05) is 11.4 Å². The lowest BCUT2D eigenvalue weighted by molar-refractivity contribution is 0.0977. The van der Waals surface area contributed by atoms with Gasteiger partial charge in [0.25, 0.3) is 5.91 Å². The Bertz CT molecular complexity index is 643. The van der Waals surface area contributed by atoms with Crippen molar-refractivity contribution in [3.8, 4) is 0 Å². The monoisotopic (exact) mass is 323 g/mol. The molecule has 2 N–H and O–H groups in total. The normalized spacial score (nSPS) is 16.5. The van der Waals surface area contributed by atoms with E-state index >= 15 is 0 Å². The van der Waals surface area contributed by atoms with Crippen LogP contribution in [-0.2, 0) is 12.8 Å². The molecule has 0 aliphatic carbocycles. The number of nitrogens with two attached hydrogens (primary N) is 1. The number of fused-ring (bicyclic) bond motifs is 1. The van der Waals surface area contributed by atoms with Crippen molar-refractivity contribution in [1.29, 1.82) is 0 Å². The van der Waals surface area contributed by atoms with Crippen LogP contribution in [0.25, 0.3) is 0 Å². The second-order valence-corrected chi connectivity index (χ2v) is 5.96. The Morgan fingerprint density at radius 1 is 1.48 bits per heavy atom. The Morgan fingerprint density at radius 3 is 3.00 bits per heavy atom. The number of halogens is 1. The van der Waals surface area contributed by atoms with Crippen molar-refractivity contribution in [1.82, 2.24) is 4.98 Å². The molecule has 0 fully saturated rings. The van der Waals surface area contributed by atoms with Crippen molar-refractivity contribution in [3.05, 3.63) is 45.9 Å². The summed E-state index contributed by atoms with van der Waals surface area (Å²) < 4.78 is 0. The molecule has 1 unspecified atom stereocenters. The fourth-order valence-corrected chi connectivity index (χ4v) is 3.43. The molecule has 0 spiro atoms. The molecule has 0 saturated heterocycles. The summed E-state index contributed by atoms with van der Waals surface area (Å²) in [5.41, 5.74) is 8.29. The molecular weight excluding hydrogens is 306 g/mol. The second-order valence-electron chi connectivity index (χ2n) is 5.02. The summed E-state index contributed by atoms with van der Waals surface area (Å²) in [7, 11) is 0. The number of nitrogens with zero attached hydrogens (tertiary/aromatic N) is 2. The zero-order valence-electron chi connectivity index (χ0n) is 11.8. The number of anilines is 1. The number of amides is 1. The zero-order chi connectivity index (χ0) is 14.1. The van der Waals surface area contributed by atoms with Gasteiger partial charge in [-0.1, -0.05) is 18.2 Å². The number of para-hydroxylation sites is 1. The molecule has 0 saturated carbocycles. The summed E-state index contributed by atoms with van der Waals surface area (Å²) in [6, 6.07) is 8.25. The average molecular weight is 324 g/mol. The summed E-state index contributed by atoms with van der Waals surface area (Å²) in [5, 5.41) is 2.76. The van der Waals surface area contributed by atoms with E-state index in [2.05, 4.69) is 18.0 Å². The Labute approximate surface area is 134 Å². The number of carbonyl (C=O) groups excluding carboxylic acids is 1. The topological polar surface area (TPSA) is 59.2 Å². The van der Waals surface area contributed by atoms with E-state index in [-0.39, 0.29) is 24.4 Å². The van der Waals surface area contributed by atoms with Crippen molar-refractivity contribution in [3.63, 3.8) is 0 Å². The van der Waals surface area contributed by atoms with Gasteiger partial charge < -0.3 is 10.6 Å². The SMILES string of the molecule is CC1Cc2ccccc2N1C(=O)c1csc(CCN)n1.Cl. The molecule has 4 nitrogen and oxygen atoms in total. The van der Waals surface area contributed by atoms with E-state index in [1.807, 2.05) is 28.5 Å². The molecule has 1 aromatic heterocycles. The summed E-state index contributed by atoms with van der Waals surface area (Å²) in [6.07, 6.45) is 1.63. The molecule has 0 radical (unpaired) electrons. The largest absolute Gasteiger partial charge is 0.330 e. The molecule has 1 aliphatic rings. The van der Waals surface area contributed by atoms with Crippen LogP contribution in [0.1, 0.15) is 28.0 Å². The van der Waals surface area contributed by atoms with E-state index in [9.17, 15) is 4.79 Å². The fraction of sp³-hybridized carbons (Fsp3) is 0.333. The summed E-state index contributed by atoms with van der Waals surface area (Å²) in [6.45, 7) is 2.63. The highest BCUT2D eigenvalue weighted by Crippen LogP contribution is 2.33. The molecule has 21 heavy (non-hydrogen) atoms. The van der Waals surface area contributed by atoms with Crippen LogP contribution in [0.3, 0.4) is 0 Å². The zero-order valence-corrected chi connectivity index (χ0v) is 13.4. The summed E-state index contributed by atoms with van der Waals surface area (Å²) >= 11 is 1.51. The maximum atomic E-state index is 12.7. The van der Waals surface area contributed by atoms with E-state index in [1.54, 1.807) is 0 Å². The van der Waals surface area contributed by atoms with Crippen LogP contribution >= 0.6 is 23.7 Å².